The average Bonchev–Trinajstić information content (AvgIpc) is 2.60. The van der Waals surface area contributed by atoms with Gasteiger partial charge in [-0.25, -0.2) is 4.79 Å². The lowest BCUT2D eigenvalue weighted by Gasteiger charge is -2.29. The van der Waals surface area contributed by atoms with Crippen LogP contribution in [0.1, 0.15) is 33.1 Å². The first-order chi connectivity index (χ1) is 12.0. The lowest BCUT2D eigenvalue weighted by atomic mass is 10.1. The third-order valence-corrected chi connectivity index (χ3v) is 4.13. The topological polar surface area (TPSA) is 79.9 Å². The molecule has 0 saturated carbocycles. The minimum Gasteiger partial charge on any atom is -0.495 e. The average molecular weight is 349 g/mol. The normalized spacial score (nSPS) is 16.8. The van der Waals surface area contributed by atoms with Crippen LogP contribution in [0.15, 0.2) is 18.2 Å². The van der Waals surface area contributed by atoms with Crippen molar-refractivity contribution >= 4 is 23.3 Å². The molecule has 7 heteroatoms. The Morgan fingerprint density at radius 3 is 2.72 bits per heavy atom. The number of rotatable bonds is 6. The third kappa shape index (κ3) is 5.63. The van der Waals surface area contributed by atoms with Crippen molar-refractivity contribution in [2.75, 3.05) is 37.4 Å². The molecule has 1 fully saturated rings. The van der Waals surface area contributed by atoms with E-state index in [4.69, 9.17) is 9.47 Å². The van der Waals surface area contributed by atoms with Crippen molar-refractivity contribution in [3.8, 4) is 5.75 Å². The molecule has 0 aromatic heterocycles. The molecule has 1 saturated heterocycles. The Hall–Kier alpha value is -2.28. The van der Waals surface area contributed by atoms with E-state index in [0.29, 0.717) is 30.2 Å². The van der Waals surface area contributed by atoms with Crippen LogP contribution in [0.2, 0.25) is 0 Å². The number of carbonyl (C=O) groups excluding carboxylic acids is 2. The molecule has 138 valence electrons. The number of nitrogens with one attached hydrogen (secondary N) is 2. The zero-order valence-electron chi connectivity index (χ0n) is 15.1. The van der Waals surface area contributed by atoms with Crippen LogP contribution in [0.25, 0.3) is 0 Å². The van der Waals surface area contributed by atoms with Crippen LogP contribution in [0.4, 0.5) is 16.2 Å². The molecule has 0 spiro atoms. The van der Waals surface area contributed by atoms with Crippen molar-refractivity contribution in [1.29, 1.82) is 0 Å². The molecule has 2 rings (SSSR count). The largest absolute Gasteiger partial charge is 0.495 e. The van der Waals surface area contributed by atoms with Crippen molar-refractivity contribution < 1.29 is 19.1 Å². The monoisotopic (exact) mass is 349 g/mol. The summed E-state index contributed by atoms with van der Waals surface area (Å²) >= 11 is 0. The summed E-state index contributed by atoms with van der Waals surface area (Å²) in [5, 5.41) is 5.57. The number of hydrogen-bond acceptors (Lipinski definition) is 4. The summed E-state index contributed by atoms with van der Waals surface area (Å²) in [6.07, 6.45) is 3.32. The van der Waals surface area contributed by atoms with Gasteiger partial charge in [-0.1, -0.05) is 0 Å². The van der Waals surface area contributed by atoms with E-state index in [2.05, 4.69) is 10.6 Å². The molecular formula is C18H27N3O4. The van der Waals surface area contributed by atoms with Crippen LogP contribution in [-0.4, -0.2) is 49.7 Å². The Labute approximate surface area is 148 Å². The number of hydrogen-bond donors (Lipinski definition) is 2. The minimum atomic E-state index is -0.202. The van der Waals surface area contributed by atoms with Gasteiger partial charge in [0.15, 0.2) is 0 Å². The fraction of sp³-hybridized carbons (Fsp3) is 0.556. The van der Waals surface area contributed by atoms with Crippen LogP contribution < -0.4 is 15.4 Å². The lowest BCUT2D eigenvalue weighted by molar-refractivity contribution is -0.114. The zero-order chi connectivity index (χ0) is 18.2. The summed E-state index contributed by atoms with van der Waals surface area (Å²) in [4.78, 5) is 25.6. The van der Waals surface area contributed by atoms with E-state index in [-0.39, 0.29) is 18.0 Å². The Kier molecular flexibility index (Phi) is 7.06. The summed E-state index contributed by atoms with van der Waals surface area (Å²) < 4.78 is 10.9. The molecule has 7 nitrogen and oxygen atoms in total. The number of methoxy groups -OCH3 is 1. The van der Waals surface area contributed by atoms with E-state index in [9.17, 15) is 9.59 Å². The highest BCUT2D eigenvalue weighted by atomic mass is 16.5. The maximum Gasteiger partial charge on any atom is 0.321 e. The van der Waals surface area contributed by atoms with Gasteiger partial charge < -0.3 is 25.0 Å². The fourth-order valence-corrected chi connectivity index (χ4v) is 2.83. The quantitative estimate of drug-likeness (QED) is 0.827. The van der Waals surface area contributed by atoms with Gasteiger partial charge >= 0.3 is 6.03 Å². The van der Waals surface area contributed by atoms with Gasteiger partial charge in [0.05, 0.1) is 18.9 Å². The maximum absolute atomic E-state index is 12.5. The number of nitrogens with zero attached hydrogens (tertiary/aromatic N) is 1. The first-order valence-corrected chi connectivity index (χ1v) is 8.66. The van der Waals surface area contributed by atoms with Crippen LogP contribution in [-0.2, 0) is 9.53 Å². The molecule has 1 atom stereocenters. The number of anilines is 2. The van der Waals surface area contributed by atoms with E-state index in [1.54, 1.807) is 23.1 Å². The van der Waals surface area contributed by atoms with Crippen molar-refractivity contribution in [3.63, 3.8) is 0 Å². The first kappa shape index (κ1) is 19.1. The summed E-state index contributed by atoms with van der Waals surface area (Å²) in [6.45, 7) is 5.31. The number of urea groups is 1. The van der Waals surface area contributed by atoms with Crippen molar-refractivity contribution in [2.45, 2.75) is 39.2 Å². The smallest absolute Gasteiger partial charge is 0.321 e. The molecular weight excluding hydrogens is 322 g/mol. The number of ether oxygens (including phenoxy) is 2. The molecule has 0 radical (unpaired) electrons. The van der Waals surface area contributed by atoms with E-state index in [1.165, 1.54) is 14.0 Å². The predicted octanol–water partition coefficient (Wildman–Crippen LogP) is 3.08. The third-order valence-electron chi connectivity index (χ3n) is 4.13. The van der Waals surface area contributed by atoms with Crippen LogP contribution in [0, 0.1) is 0 Å². The maximum atomic E-state index is 12.5. The first-order valence-electron chi connectivity index (χ1n) is 8.66. The molecule has 1 aliphatic heterocycles. The SMILES string of the molecule is CCN(C[C@H]1CCCCO1)C(=O)Nc1ccc(OC)c(NC(C)=O)c1. The van der Waals surface area contributed by atoms with Gasteiger partial charge in [-0.15, -0.1) is 0 Å². The lowest BCUT2D eigenvalue weighted by Crippen LogP contribution is -2.41. The molecule has 1 aromatic carbocycles. The number of carbonyl (C=O) groups is 2. The van der Waals surface area contributed by atoms with Crippen LogP contribution >= 0.6 is 0 Å². The Bertz CT molecular complexity index is 600. The van der Waals surface area contributed by atoms with Crippen LogP contribution in [0.3, 0.4) is 0 Å². The number of amides is 3. The molecule has 0 bridgehead atoms. The summed E-state index contributed by atoms with van der Waals surface area (Å²) in [5.41, 5.74) is 1.11. The van der Waals surface area contributed by atoms with E-state index in [1.807, 2.05) is 6.92 Å². The Morgan fingerprint density at radius 1 is 1.32 bits per heavy atom. The standard InChI is InChI=1S/C18H27N3O4/c1-4-21(12-15-7-5-6-10-25-15)18(23)20-14-8-9-17(24-3)16(11-14)19-13(2)22/h8-9,11,15H,4-7,10,12H2,1-3H3,(H,19,22)(H,20,23)/t15-/m1/s1. The molecule has 1 aliphatic rings. The van der Waals surface area contributed by atoms with E-state index in [0.717, 1.165) is 25.9 Å². The molecule has 3 amide bonds. The second kappa shape index (κ2) is 9.27. The van der Waals surface area contributed by atoms with Gasteiger partial charge in [-0.3, -0.25) is 4.79 Å². The van der Waals surface area contributed by atoms with Gasteiger partial charge in [-0.2, -0.15) is 0 Å². The number of benzene rings is 1. The van der Waals surface area contributed by atoms with Gasteiger partial charge in [0.25, 0.3) is 0 Å². The van der Waals surface area contributed by atoms with Crippen LogP contribution in [0.5, 0.6) is 5.75 Å². The second-order valence-electron chi connectivity index (χ2n) is 6.05. The van der Waals surface area contributed by atoms with E-state index >= 15 is 0 Å². The van der Waals surface area contributed by atoms with Gasteiger partial charge in [0.1, 0.15) is 5.75 Å². The van der Waals surface area contributed by atoms with E-state index < -0.39 is 0 Å². The highest BCUT2D eigenvalue weighted by molar-refractivity contribution is 5.94. The Morgan fingerprint density at radius 2 is 2.12 bits per heavy atom. The highest BCUT2D eigenvalue weighted by Gasteiger charge is 2.20. The predicted molar refractivity (Wildman–Crippen MR) is 97.2 cm³/mol. The summed E-state index contributed by atoms with van der Waals surface area (Å²) in [7, 11) is 1.53. The summed E-state index contributed by atoms with van der Waals surface area (Å²) in [5.74, 6) is 0.336. The fourth-order valence-electron chi connectivity index (χ4n) is 2.83. The molecule has 1 aromatic rings. The molecule has 0 aliphatic carbocycles. The molecule has 1 heterocycles. The second-order valence-corrected chi connectivity index (χ2v) is 6.05. The van der Waals surface area contributed by atoms with Crippen molar-refractivity contribution in [3.05, 3.63) is 18.2 Å². The summed E-state index contributed by atoms with van der Waals surface area (Å²) in [6, 6.07) is 4.95. The van der Waals surface area contributed by atoms with Gasteiger partial charge in [-0.05, 0) is 44.4 Å². The molecule has 0 unspecified atom stereocenters. The van der Waals surface area contributed by atoms with Gasteiger partial charge in [0.2, 0.25) is 5.91 Å². The zero-order valence-corrected chi connectivity index (χ0v) is 15.1. The van der Waals surface area contributed by atoms with Crippen molar-refractivity contribution in [1.82, 2.24) is 4.90 Å². The van der Waals surface area contributed by atoms with Gasteiger partial charge in [0, 0.05) is 32.3 Å². The van der Waals surface area contributed by atoms with Crippen molar-refractivity contribution in [2.24, 2.45) is 0 Å². The Balaban J connectivity index is 2.03. The molecule has 2 N–H and O–H groups in total. The number of likely N-dealkylation sites (N-methyl/N-ethyl adjacent to an activating group) is 1. The highest BCUT2D eigenvalue weighted by Crippen LogP contribution is 2.28. The molecule has 25 heavy (non-hydrogen) atoms. The minimum absolute atomic E-state index is 0.102.